The number of rotatable bonds is 3. The maximum absolute atomic E-state index is 11.9. The summed E-state index contributed by atoms with van der Waals surface area (Å²) in [5.41, 5.74) is 0.351. The van der Waals surface area contributed by atoms with Gasteiger partial charge in [0.05, 0.1) is 10.5 Å². The highest BCUT2D eigenvalue weighted by atomic mass is 16.6. The van der Waals surface area contributed by atoms with Gasteiger partial charge in [-0.2, -0.15) is 0 Å². The summed E-state index contributed by atoms with van der Waals surface area (Å²) in [6.07, 6.45) is 3.52. The van der Waals surface area contributed by atoms with Crippen molar-refractivity contribution in [3.8, 4) is 0 Å². The molecule has 0 bridgehead atoms. The van der Waals surface area contributed by atoms with E-state index in [1.54, 1.807) is 23.1 Å². The Balaban J connectivity index is 2.08. The third-order valence-corrected chi connectivity index (χ3v) is 3.17. The lowest BCUT2D eigenvalue weighted by Gasteiger charge is -2.24. The summed E-state index contributed by atoms with van der Waals surface area (Å²) >= 11 is 0. The fraction of sp³-hybridized carbons (Fsp3) is 0.286. The van der Waals surface area contributed by atoms with Crippen molar-refractivity contribution in [1.82, 2.24) is 4.90 Å². The quantitative estimate of drug-likeness (QED) is 0.478. The molecule has 0 aliphatic carbocycles. The first kappa shape index (κ1) is 13.9. The average molecular weight is 274 g/mol. The van der Waals surface area contributed by atoms with Crippen molar-refractivity contribution >= 4 is 23.5 Å². The third kappa shape index (κ3) is 3.28. The van der Waals surface area contributed by atoms with Gasteiger partial charge in [0.2, 0.25) is 5.91 Å². The van der Waals surface area contributed by atoms with E-state index in [1.807, 2.05) is 0 Å². The highest BCUT2D eigenvalue weighted by molar-refractivity contribution is 5.93. The Hall–Kier alpha value is -2.50. The van der Waals surface area contributed by atoms with Crippen molar-refractivity contribution in [1.29, 1.82) is 0 Å². The van der Waals surface area contributed by atoms with Gasteiger partial charge < -0.3 is 4.90 Å². The molecular weight excluding hydrogens is 260 g/mol. The van der Waals surface area contributed by atoms with Crippen LogP contribution in [-0.2, 0) is 9.59 Å². The minimum Gasteiger partial charge on any atom is -0.338 e. The van der Waals surface area contributed by atoms with Gasteiger partial charge in [-0.15, -0.1) is 0 Å². The number of amides is 1. The Morgan fingerprint density at radius 2 is 1.90 bits per heavy atom. The third-order valence-electron chi connectivity index (χ3n) is 3.17. The minimum atomic E-state index is -0.482. The van der Waals surface area contributed by atoms with Crippen LogP contribution in [0.3, 0.4) is 0 Å². The summed E-state index contributed by atoms with van der Waals surface area (Å²) in [6, 6.07) is 6.23. The fourth-order valence-electron chi connectivity index (χ4n) is 2.04. The molecule has 0 unspecified atom stereocenters. The number of hydrogen-bond acceptors (Lipinski definition) is 4. The predicted octanol–water partition coefficient (Wildman–Crippen LogP) is 1.80. The molecule has 1 aliphatic heterocycles. The van der Waals surface area contributed by atoms with Gasteiger partial charge in [0.1, 0.15) is 5.78 Å². The fourth-order valence-corrected chi connectivity index (χ4v) is 2.04. The van der Waals surface area contributed by atoms with Gasteiger partial charge in [0.15, 0.2) is 0 Å². The van der Waals surface area contributed by atoms with Crippen LogP contribution in [0.15, 0.2) is 30.3 Å². The first-order valence-corrected chi connectivity index (χ1v) is 6.30. The van der Waals surface area contributed by atoms with E-state index in [4.69, 9.17) is 0 Å². The Morgan fingerprint density at radius 1 is 1.25 bits per heavy atom. The van der Waals surface area contributed by atoms with Gasteiger partial charge in [-0.25, -0.2) is 0 Å². The van der Waals surface area contributed by atoms with Gasteiger partial charge in [0, 0.05) is 38.1 Å². The number of nitro groups is 1. The van der Waals surface area contributed by atoms with Crippen LogP contribution in [0.1, 0.15) is 18.4 Å². The summed E-state index contributed by atoms with van der Waals surface area (Å²) in [4.78, 5) is 35.0. The van der Waals surface area contributed by atoms with Crippen LogP contribution in [-0.4, -0.2) is 34.6 Å². The molecule has 6 heteroatoms. The van der Waals surface area contributed by atoms with Gasteiger partial charge in [-0.1, -0.05) is 12.1 Å². The number of nitro benzene ring substituents is 1. The highest BCUT2D eigenvalue weighted by Gasteiger charge is 2.19. The Morgan fingerprint density at radius 3 is 2.55 bits per heavy atom. The van der Waals surface area contributed by atoms with E-state index in [2.05, 4.69) is 0 Å². The molecule has 1 heterocycles. The standard InChI is InChI=1S/C14H14N2O4/c17-12-7-9-15(10-8-12)14(18)6-5-11-3-1-2-4-13(11)16(19)20/h1-6H,7-10H2/b6-5+. The van der Waals surface area contributed by atoms with Gasteiger partial charge in [-0.3, -0.25) is 19.7 Å². The van der Waals surface area contributed by atoms with Crippen molar-refractivity contribution in [2.24, 2.45) is 0 Å². The molecule has 0 atom stereocenters. The van der Waals surface area contributed by atoms with Crippen molar-refractivity contribution in [3.05, 3.63) is 46.0 Å². The molecule has 0 radical (unpaired) electrons. The first-order chi connectivity index (χ1) is 9.58. The van der Waals surface area contributed by atoms with Gasteiger partial charge in [-0.05, 0) is 12.1 Å². The van der Waals surface area contributed by atoms with Crippen molar-refractivity contribution in [3.63, 3.8) is 0 Å². The number of para-hydroxylation sites is 1. The first-order valence-electron chi connectivity index (χ1n) is 6.30. The molecule has 0 spiro atoms. The number of carbonyl (C=O) groups excluding carboxylic acids is 2. The van der Waals surface area contributed by atoms with E-state index in [9.17, 15) is 19.7 Å². The lowest BCUT2D eigenvalue weighted by atomic mass is 10.1. The molecular formula is C14H14N2O4. The van der Waals surface area contributed by atoms with E-state index in [-0.39, 0.29) is 17.4 Å². The highest BCUT2D eigenvalue weighted by Crippen LogP contribution is 2.19. The molecule has 0 aromatic heterocycles. The monoisotopic (exact) mass is 274 g/mol. The van der Waals surface area contributed by atoms with Crippen LogP contribution in [0.2, 0.25) is 0 Å². The van der Waals surface area contributed by atoms with Crippen molar-refractivity contribution in [2.75, 3.05) is 13.1 Å². The second kappa shape index (κ2) is 6.10. The summed E-state index contributed by atoms with van der Waals surface area (Å²) in [6.45, 7) is 0.831. The average Bonchev–Trinajstić information content (AvgIpc) is 2.45. The molecule has 2 rings (SSSR count). The van der Waals surface area contributed by atoms with Crippen LogP contribution in [0, 0.1) is 10.1 Å². The van der Waals surface area contributed by atoms with Crippen LogP contribution in [0.5, 0.6) is 0 Å². The van der Waals surface area contributed by atoms with Gasteiger partial charge >= 0.3 is 0 Å². The summed E-state index contributed by atoms with van der Waals surface area (Å²) in [5.74, 6) is -0.0626. The van der Waals surface area contributed by atoms with Crippen molar-refractivity contribution < 1.29 is 14.5 Å². The number of Topliss-reactive ketones (excluding diaryl/α,β-unsaturated/α-hetero) is 1. The smallest absolute Gasteiger partial charge is 0.276 e. The molecule has 6 nitrogen and oxygen atoms in total. The number of likely N-dealkylation sites (tertiary alicyclic amines) is 1. The largest absolute Gasteiger partial charge is 0.338 e. The zero-order valence-electron chi connectivity index (χ0n) is 10.8. The molecule has 1 aliphatic rings. The SMILES string of the molecule is O=C1CCN(C(=O)/C=C/c2ccccc2[N+](=O)[O-])CC1. The minimum absolute atomic E-state index is 0.0367. The molecule has 1 aromatic carbocycles. The van der Waals surface area contributed by atoms with Crippen LogP contribution in [0.4, 0.5) is 5.69 Å². The lowest BCUT2D eigenvalue weighted by Crippen LogP contribution is -2.37. The van der Waals surface area contributed by atoms with E-state index in [1.165, 1.54) is 18.2 Å². The topological polar surface area (TPSA) is 80.5 Å². The van der Waals surface area contributed by atoms with E-state index < -0.39 is 4.92 Å². The maximum atomic E-state index is 11.9. The molecule has 1 saturated heterocycles. The number of carbonyl (C=O) groups is 2. The molecule has 104 valence electrons. The normalized spacial score (nSPS) is 15.6. The summed E-state index contributed by atoms with van der Waals surface area (Å²) in [7, 11) is 0. The Labute approximate surface area is 115 Å². The Kier molecular flexibility index (Phi) is 4.24. The second-order valence-electron chi connectivity index (χ2n) is 4.51. The second-order valence-corrected chi connectivity index (χ2v) is 4.51. The van der Waals surface area contributed by atoms with E-state index in [0.29, 0.717) is 31.5 Å². The maximum Gasteiger partial charge on any atom is 0.276 e. The van der Waals surface area contributed by atoms with Crippen molar-refractivity contribution in [2.45, 2.75) is 12.8 Å². The summed E-state index contributed by atoms with van der Waals surface area (Å²) in [5, 5.41) is 10.8. The number of piperidine rings is 1. The molecule has 20 heavy (non-hydrogen) atoms. The number of nitrogens with zero attached hydrogens (tertiary/aromatic N) is 2. The Bertz CT molecular complexity index is 570. The van der Waals surface area contributed by atoms with E-state index in [0.717, 1.165) is 0 Å². The number of benzene rings is 1. The zero-order chi connectivity index (χ0) is 14.5. The van der Waals surface area contributed by atoms with E-state index >= 15 is 0 Å². The number of hydrogen-bond donors (Lipinski definition) is 0. The number of ketones is 1. The van der Waals surface area contributed by atoms with Crippen LogP contribution < -0.4 is 0 Å². The molecule has 1 aromatic rings. The zero-order valence-corrected chi connectivity index (χ0v) is 10.8. The lowest BCUT2D eigenvalue weighted by molar-refractivity contribution is -0.385. The van der Waals surface area contributed by atoms with Crippen LogP contribution >= 0.6 is 0 Å². The molecule has 1 amide bonds. The summed E-state index contributed by atoms with van der Waals surface area (Å²) < 4.78 is 0. The van der Waals surface area contributed by atoms with Crippen LogP contribution in [0.25, 0.3) is 6.08 Å². The molecule has 0 saturated carbocycles. The predicted molar refractivity (Wildman–Crippen MR) is 73.0 cm³/mol. The molecule has 0 N–H and O–H groups in total. The molecule has 1 fully saturated rings. The van der Waals surface area contributed by atoms with Gasteiger partial charge in [0.25, 0.3) is 5.69 Å².